The number of hydrogen-bond donors (Lipinski definition) is 1. The highest BCUT2D eigenvalue weighted by molar-refractivity contribution is 5.24. The van der Waals surface area contributed by atoms with E-state index < -0.39 is 5.60 Å². The van der Waals surface area contributed by atoms with Gasteiger partial charge in [-0.2, -0.15) is 0 Å². The van der Waals surface area contributed by atoms with Crippen molar-refractivity contribution in [1.82, 2.24) is 0 Å². The second-order valence-electron chi connectivity index (χ2n) is 11.0. The van der Waals surface area contributed by atoms with Gasteiger partial charge in [0.25, 0.3) is 0 Å². The van der Waals surface area contributed by atoms with Gasteiger partial charge in [-0.25, -0.2) is 0 Å². The van der Waals surface area contributed by atoms with Crippen molar-refractivity contribution in [2.45, 2.75) is 63.1 Å². The van der Waals surface area contributed by atoms with Crippen LogP contribution in [0.1, 0.15) is 56.9 Å². The van der Waals surface area contributed by atoms with Crippen molar-refractivity contribution in [3.8, 4) is 5.75 Å². The van der Waals surface area contributed by atoms with E-state index in [1.165, 1.54) is 49.8 Å². The molecule has 5 heteroatoms. The summed E-state index contributed by atoms with van der Waals surface area (Å²) < 4.78 is 13.7. The molecule has 4 fully saturated rings. The molecular weight excluding hydrogens is 502 g/mol. The van der Waals surface area contributed by atoms with Crippen molar-refractivity contribution in [2.75, 3.05) is 39.4 Å². The lowest BCUT2D eigenvalue weighted by atomic mass is 9.78. The third-order valence-corrected chi connectivity index (χ3v) is 8.95. The van der Waals surface area contributed by atoms with Crippen LogP contribution in [0, 0.1) is 11.8 Å². The summed E-state index contributed by atoms with van der Waals surface area (Å²) in [5, 5.41) is 11.8. The first-order chi connectivity index (χ1) is 16.7. The molecule has 4 nitrogen and oxygen atoms in total. The van der Waals surface area contributed by atoms with Gasteiger partial charge in [-0.1, -0.05) is 61.4 Å². The van der Waals surface area contributed by atoms with Crippen molar-refractivity contribution in [1.29, 1.82) is 0 Å². The highest BCUT2D eigenvalue weighted by Crippen LogP contribution is 2.43. The number of para-hydroxylation sites is 1. The Bertz CT molecular complexity index is 881. The predicted octanol–water partition coefficient (Wildman–Crippen LogP) is 2.55. The van der Waals surface area contributed by atoms with Gasteiger partial charge in [-0.05, 0) is 36.5 Å². The molecule has 192 valence electrons. The zero-order chi connectivity index (χ0) is 23.3. The summed E-state index contributed by atoms with van der Waals surface area (Å²) >= 11 is 0. The number of benzene rings is 2. The van der Waals surface area contributed by atoms with Crippen LogP contribution in [0.15, 0.2) is 60.7 Å². The molecule has 2 unspecified atom stereocenters. The molecule has 3 heterocycles. The van der Waals surface area contributed by atoms with Gasteiger partial charge in [0.05, 0.1) is 38.4 Å². The van der Waals surface area contributed by atoms with Crippen LogP contribution in [0.3, 0.4) is 0 Å². The van der Waals surface area contributed by atoms with Gasteiger partial charge in [0.15, 0.2) is 0 Å². The fourth-order valence-electron chi connectivity index (χ4n) is 6.91. The van der Waals surface area contributed by atoms with Crippen molar-refractivity contribution < 1.29 is 36.0 Å². The topological polar surface area (TPSA) is 38.7 Å². The van der Waals surface area contributed by atoms with Crippen LogP contribution < -0.4 is 21.7 Å². The van der Waals surface area contributed by atoms with Crippen molar-refractivity contribution in [3.63, 3.8) is 0 Å². The van der Waals surface area contributed by atoms with Crippen LogP contribution in [-0.2, 0) is 10.3 Å². The van der Waals surface area contributed by atoms with E-state index in [2.05, 4.69) is 24.3 Å². The first-order valence-corrected chi connectivity index (χ1v) is 13.6. The highest BCUT2D eigenvalue weighted by atomic mass is 79.9. The Morgan fingerprint density at radius 1 is 0.857 bits per heavy atom. The van der Waals surface area contributed by atoms with Gasteiger partial charge in [0.2, 0.25) is 0 Å². The van der Waals surface area contributed by atoms with Gasteiger partial charge < -0.3 is 36.0 Å². The van der Waals surface area contributed by atoms with Crippen LogP contribution in [0.5, 0.6) is 5.75 Å². The minimum Gasteiger partial charge on any atom is -1.00 e. The standard InChI is InChI=1S/C30H42NO3.BrH/c32-30(27-12-7-8-13-27,26-10-3-1-4-11-26)18-23-34-29-24-31(20-16-25(29)17-21-31)19-9-22-33-28-14-5-2-6-15-28;/h1-6,10-11,14-15,25,27,29,32H,7-9,12-13,16-24H2;1H/q+1;/p-1. The lowest BCUT2D eigenvalue weighted by Crippen LogP contribution is -3.00. The second kappa shape index (κ2) is 12.2. The average Bonchev–Trinajstić information content (AvgIpc) is 3.44. The molecule has 6 rings (SSSR count). The normalized spacial score (nSPS) is 27.8. The van der Waals surface area contributed by atoms with Crippen molar-refractivity contribution >= 4 is 0 Å². The molecule has 2 aromatic carbocycles. The Morgan fingerprint density at radius 2 is 1.51 bits per heavy atom. The number of rotatable bonds is 11. The summed E-state index contributed by atoms with van der Waals surface area (Å²) in [4.78, 5) is 0. The molecule has 2 bridgehead atoms. The molecule has 1 N–H and O–H groups in total. The number of piperidine rings is 3. The van der Waals surface area contributed by atoms with E-state index in [9.17, 15) is 5.11 Å². The predicted molar refractivity (Wildman–Crippen MR) is 136 cm³/mol. The smallest absolute Gasteiger partial charge is 0.119 e. The minimum absolute atomic E-state index is 0. The molecule has 2 atom stereocenters. The number of hydrogen-bond acceptors (Lipinski definition) is 3. The lowest BCUT2D eigenvalue weighted by molar-refractivity contribution is -0.946. The van der Waals surface area contributed by atoms with Gasteiger partial charge in [0, 0.05) is 31.6 Å². The number of nitrogens with zero attached hydrogens (tertiary/aromatic N) is 1. The number of ether oxygens (including phenoxy) is 2. The van der Waals surface area contributed by atoms with Gasteiger partial charge in [-0.3, -0.25) is 0 Å². The molecule has 1 saturated carbocycles. The zero-order valence-electron chi connectivity index (χ0n) is 21.0. The molecule has 0 radical (unpaired) electrons. The zero-order valence-corrected chi connectivity index (χ0v) is 22.6. The fourth-order valence-corrected chi connectivity index (χ4v) is 6.91. The molecule has 0 aromatic heterocycles. The van der Waals surface area contributed by atoms with E-state index >= 15 is 0 Å². The summed E-state index contributed by atoms with van der Waals surface area (Å²) in [6.07, 6.45) is 9.40. The number of fused-ring (bicyclic) bond motifs is 3. The molecule has 2 aromatic rings. The highest BCUT2D eigenvalue weighted by Gasteiger charge is 2.46. The maximum atomic E-state index is 11.8. The molecule has 1 aliphatic carbocycles. The largest absolute Gasteiger partial charge is 1.00 e. The third-order valence-electron chi connectivity index (χ3n) is 8.95. The Hall–Kier alpha value is -1.40. The third kappa shape index (κ3) is 6.30. The summed E-state index contributed by atoms with van der Waals surface area (Å²) in [6, 6.07) is 20.5. The lowest BCUT2D eigenvalue weighted by Gasteiger charge is -2.52. The van der Waals surface area contributed by atoms with Gasteiger partial charge >= 0.3 is 0 Å². The molecule has 3 aliphatic heterocycles. The molecule has 0 amide bonds. The van der Waals surface area contributed by atoms with Crippen molar-refractivity contribution in [2.24, 2.45) is 11.8 Å². The van der Waals surface area contributed by atoms with Crippen LogP contribution in [0.2, 0.25) is 0 Å². The summed E-state index contributed by atoms with van der Waals surface area (Å²) in [7, 11) is 0. The number of quaternary nitrogens is 1. The van der Waals surface area contributed by atoms with Crippen molar-refractivity contribution in [3.05, 3.63) is 66.2 Å². The first-order valence-electron chi connectivity index (χ1n) is 13.6. The fraction of sp³-hybridized carbons (Fsp3) is 0.600. The van der Waals surface area contributed by atoms with Gasteiger partial charge in [-0.15, -0.1) is 0 Å². The summed E-state index contributed by atoms with van der Waals surface area (Å²) in [5.74, 6) is 2.01. The van der Waals surface area contributed by atoms with E-state index in [4.69, 9.17) is 9.47 Å². The van der Waals surface area contributed by atoms with E-state index in [1.54, 1.807) is 0 Å². The SMILES string of the molecule is OC(CCOC1C[N+]2(CCCOc3ccccc3)CCC1CC2)(c1ccccc1)C1CCCC1.[Br-]. The summed E-state index contributed by atoms with van der Waals surface area (Å²) in [5.41, 5.74) is 0.313. The molecule has 4 aliphatic rings. The van der Waals surface area contributed by atoms with E-state index in [-0.39, 0.29) is 17.0 Å². The van der Waals surface area contributed by atoms with Crippen LogP contribution in [0.25, 0.3) is 0 Å². The maximum Gasteiger partial charge on any atom is 0.119 e. The number of aliphatic hydroxyl groups is 1. The quantitative estimate of drug-likeness (QED) is 0.349. The first kappa shape index (κ1) is 26.7. The number of halogens is 1. The monoisotopic (exact) mass is 543 g/mol. The van der Waals surface area contributed by atoms with Crippen LogP contribution in [-0.4, -0.2) is 55.1 Å². The van der Waals surface area contributed by atoms with Crippen LogP contribution >= 0.6 is 0 Å². The Balaban J connectivity index is 0.00000289. The molecule has 0 spiro atoms. The Morgan fingerprint density at radius 3 is 2.20 bits per heavy atom. The molecular formula is C30H42BrNO3. The van der Waals surface area contributed by atoms with E-state index in [0.29, 0.717) is 31.0 Å². The average molecular weight is 545 g/mol. The van der Waals surface area contributed by atoms with E-state index in [0.717, 1.165) is 43.7 Å². The summed E-state index contributed by atoms with van der Waals surface area (Å²) in [6.45, 7) is 6.31. The maximum absolute atomic E-state index is 11.8. The minimum atomic E-state index is -0.757. The van der Waals surface area contributed by atoms with Crippen LogP contribution in [0.4, 0.5) is 0 Å². The Kier molecular flexibility index (Phi) is 9.31. The second-order valence-corrected chi connectivity index (χ2v) is 11.0. The van der Waals surface area contributed by atoms with E-state index in [1.807, 2.05) is 36.4 Å². The molecule has 35 heavy (non-hydrogen) atoms. The Labute approximate surface area is 222 Å². The molecule has 3 saturated heterocycles. The van der Waals surface area contributed by atoms with Gasteiger partial charge in [0.1, 0.15) is 18.4 Å².